The molecule has 3 fully saturated rings. The van der Waals surface area contributed by atoms with Crippen LogP contribution in [0.5, 0.6) is 0 Å². The van der Waals surface area contributed by atoms with E-state index in [-0.39, 0.29) is 55.4 Å². The Morgan fingerprint density at radius 1 is 0.877 bits per heavy atom. The lowest BCUT2D eigenvalue weighted by molar-refractivity contribution is -0.147. The van der Waals surface area contributed by atoms with E-state index >= 15 is 0 Å². The van der Waals surface area contributed by atoms with Gasteiger partial charge < -0.3 is 39.4 Å². The van der Waals surface area contributed by atoms with Crippen molar-refractivity contribution < 1.29 is 47.0 Å². The van der Waals surface area contributed by atoms with Crippen LogP contribution in [-0.4, -0.2) is 98.6 Å². The van der Waals surface area contributed by atoms with Gasteiger partial charge in [0.1, 0.15) is 18.7 Å². The molecule has 0 bridgehead atoms. The zero-order valence-corrected chi connectivity index (χ0v) is 31.5. The summed E-state index contributed by atoms with van der Waals surface area (Å²) in [4.78, 5) is 83.1. The normalized spacial score (nSPS) is 22.7. The number of benzene rings is 4. The Morgan fingerprint density at radius 2 is 1.58 bits per heavy atom. The molecule has 13 nitrogen and oxygen atoms in total. The lowest BCUT2D eigenvalue weighted by Gasteiger charge is -2.39. The average molecular weight is 800 g/mol. The molecule has 4 amide bonds. The number of nitrogens with zero attached hydrogens (tertiary/aromatic N) is 4. The number of likely N-dealkylation sites (tertiary alicyclic amines) is 1. The Morgan fingerprint density at radius 3 is 2.28 bits per heavy atom. The topological polar surface area (TPSA) is 161 Å². The Balaban J connectivity index is 1.15. The van der Waals surface area contributed by atoms with Gasteiger partial charge in [-0.3, -0.25) is 18.9 Å². The lowest BCUT2D eigenvalue weighted by Crippen LogP contribution is -2.60. The molecule has 0 unspecified atom stereocenters. The molecular weight excluding hydrogens is 759 g/mol. The second-order valence-electron chi connectivity index (χ2n) is 14.6. The summed E-state index contributed by atoms with van der Waals surface area (Å²) in [6.45, 7) is 8.45. The first-order valence-corrected chi connectivity index (χ1v) is 20.1. The van der Waals surface area contributed by atoms with Crippen molar-refractivity contribution in [2.75, 3.05) is 26.2 Å². The molecule has 57 heavy (non-hydrogen) atoms. The molecule has 0 spiro atoms. The number of hydrogen-bond acceptors (Lipinski definition) is 6. The fourth-order valence-electron chi connectivity index (χ4n) is 8.00. The first kappa shape index (κ1) is 39.6. The van der Waals surface area contributed by atoms with Crippen LogP contribution in [0.2, 0.25) is 0 Å². The molecule has 0 saturated carbocycles. The molecule has 16 heteroatoms. The standard InChI is InChI=1S/C41H40F2N5O8P/c1-44-35-24-47(23-33(35)28-10-6-3-7-11-28)39(51)36-17-16-32-22-46(40(52)56-25-26-8-4-2-5-9-26)19-18-34(38(50)48(32)36)45-37(49)29-13-12-27-14-15-31(21-30(27)20-29)41(42,43)57(53,54)55/h2-15,20-21,32-36H,16-19,22-25H2,(H,45,49)(H2,53,54,55)/t32-,33-,34+,35+,36+/m1/s1. The zero-order valence-electron chi connectivity index (χ0n) is 30.6. The lowest BCUT2D eigenvalue weighted by atomic mass is 9.95. The van der Waals surface area contributed by atoms with Crippen LogP contribution in [0.1, 0.15) is 52.2 Å². The molecule has 0 radical (unpaired) electrons. The van der Waals surface area contributed by atoms with Gasteiger partial charge in [-0.15, -0.1) is 0 Å². The number of carbonyl (C=O) groups excluding carboxylic acids is 4. The fraction of sp³-hybridized carbons (Fsp3) is 0.341. The van der Waals surface area contributed by atoms with Gasteiger partial charge in [0, 0.05) is 30.8 Å². The van der Waals surface area contributed by atoms with Crippen LogP contribution in [0, 0.1) is 6.57 Å². The largest absolute Gasteiger partial charge is 0.445 e. The quantitative estimate of drug-likeness (QED) is 0.156. The second-order valence-corrected chi connectivity index (χ2v) is 16.3. The molecule has 7 rings (SSSR count). The minimum atomic E-state index is -5.85. The summed E-state index contributed by atoms with van der Waals surface area (Å²) in [5.41, 5.74) is -3.70. The predicted octanol–water partition coefficient (Wildman–Crippen LogP) is 5.48. The van der Waals surface area contributed by atoms with Crippen LogP contribution in [0.4, 0.5) is 13.6 Å². The molecule has 296 valence electrons. The molecular formula is C41H40F2N5O8P. The molecule has 3 aliphatic heterocycles. The van der Waals surface area contributed by atoms with E-state index in [4.69, 9.17) is 11.3 Å². The number of fused-ring (bicyclic) bond motifs is 2. The highest BCUT2D eigenvalue weighted by molar-refractivity contribution is 7.52. The van der Waals surface area contributed by atoms with Crippen molar-refractivity contribution in [3.63, 3.8) is 0 Å². The van der Waals surface area contributed by atoms with Gasteiger partial charge in [-0.25, -0.2) is 11.4 Å². The number of carbonyl (C=O) groups is 4. The van der Waals surface area contributed by atoms with E-state index in [1.165, 1.54) is 34.1 Å². The molecule has 4 aromatic carbocycles. The van der Waals surface area contributed by atoms with Gasteiger partial charge in [-0.1, -0.05) is 78.9 Å². The highest BCUT2D eigenvalue weighted by Crippen LogP contribution is 2.59. The highest BCUT2D eigenvalue weighted by atomic mass is 31.2. The SMILES string of the molecule is [C-]#[N+][C@H]1CN(C(=O)[C@@H]2CC[C@@H]3CN(C(=O)OCc4ccccc4)CC[C@H](NC(=O)c4ccc5ccc(C(F)(F)P(=O)(O)O)cc5c4)C(=O)N32)C[C@@H]1c1ccccc1. The van der Waals surface area contributed by atoms with E-state index in [9.17, 15) is 42.3 Å². The van der Waals surface area contributed by atoms with Gasteiger partial charge in [-0.05, 0) is 59.4 Å². The van der Waals surface area contributed by atoms with Gasteiger partial charge in [0.15, 0.2) is 0 Å². The first-order chi connectivity index (χ1) is 27.2. The van der Waals surface area contributed by atoms with E-state index in [1.54, 1.807) is 4.90 Å². The number of hydrogen-bond donors (Lipinski definition) is 3. The third kappa shape index (κ3) is 8.12. The number of nitrogens with one attached hydrogen (secondary N) is 1. The summed E-state index contributed by atoms with van der Waals surface area (Å²) in [5, 5.41) is 3.27. The van der Waals surface area contributed by atoms with E-state index in [2.05, 4.69) is 10.2 Å². The molecule has 3 heterocycles. The molecule has 3 aliphatic rings. The molecule has 5 atom stereocenters. The van der Waals surface area contributed by atoms with Crippen LogP contribution in [-0.2, 0) is 31.2 Å². The highest BCUT2D eigenvalue weighted by Gasteiger charge is 2.51. The van der Waals surface area contributed by atoms with Gasteiger partial charge in [0.05, 0.1) is 18.5 Å². The van der Waals surface area contributed by atoms with Crippen molar-refractivity contribution in [1.29, 1.82) is 0 Å². The maximum atomic E-state index is 14.6. The summed E-state index contributed by atoms with van der Waals surface area (Å²) in [7, 11) is -5.85. The monoisotopic (exact) mass is 799 g/mol. The van der Waals surface area contributed by atoms with Crippen molar-refractivity contribution in [3.8, 4) is 0 Å². The number of halogens is 2. The number of amides is 4. The third-order valence-electron chi connectivity index (χ3n) is 11.0. The smallest absolute Gasteiger partial charge is 0.410 e. The van der Waals surface area contributed by atoms with Crippen LogP contribution in [0.25, 0.3) is 15.6 Å². The number of ether oxygens (including phenoxy) is 1. The maximum Gasteiger partial charge on any atom is 0.410 e. The summed E-state index contributed by atoms with van der Waals surface area (Å²) in [5.74, 6) is -1.80. The van der Waals surface area contributed by atoms with Gasteiger partial charge >= 0.3 is 19.4 Å². The van der Waals surface area contributed by atoms with Crippen molar-refractivity contribution in [1.82, 2.24) is 20.0 Å². The number of alkyl halides is 2. The van der Waals surface area contributed by atoms with Gasteiger partial charge in [-0.2, -0.15) is 8.78 Å². The summed E-state index contributed by atoms with van der Waals surface area (Å²) >= 11 is 0. The summed E-state index contributed by atoms with van der Waals surface area (Å²) < 4.78 is 46.3. The van der Waals surface area contributed by atoms with Gasteiger partial charge in [0.25, 0.3) is 5.91 Å². The van der Waals surface area contributed by atoms with E-state index in [1.807, 2.05) is 60.7 Å². The fourth-order valence-corrected chi connectivity index (χ4v) is 8.48. The van der Waals surface area contributed by atoms with Crippen molar-refractivity contribution >= 4 is 42.2 Å². The van der Waals surface area contributed by atoms with Crippen LogP contribution >= 0.6 is 7.60 Å². The van der Waals surface area contributed by atoms with E-state index < -0.39 is 60.9 Å². The molecule has 3 saturated heterocycles. The first-order valence-electron chi connectivity index (χ1n) is 18.5. The van der Waals surface area contributed by atoms with Crippen LogP contribution in [0.15, 0.2) is 97.1 Å². The van der Waals surface area contributed by atoms with Gasteiger partial charge in [0.2, 0.25) is 17.9 Å². The maximum absolute atomic E-state index is 14.6. The van der Waals surface area contributed by atoms with E-state index in [0.29, 0.717) is 24.8 Å². The average Bonchev–Trinajstić information content (AvgIpc) is 3.84. The number of rotatable bonds is 8. The molecule has 0 aliphatic carbocycles. The Kier molecular flexibility index (Phi) is 11.1. The third-order valence-corrected chi connectivity index (χ3v) is 12.0. The van der Waals surface area contributed by atoms with Crippen molar-refractivity contribution in [3.05, 3.63) is 131 Å². The zero-order chi connectivity index (χ0) is 40.5. The minimum Gasteiger partial charge on any atom is -0.445 e. The van der Waals surface area contributed by atoms with Crippen LogP contribution < -0.4 is 5.32 Å². The predicted molar refractivity (Wildman–Crippen MR) is 204 cm³/mol. The Labute approximate surface area is 327 Å². The summed E-state index contributed by atoms with van der Waals surface area (Å²) in [6.07, 6.45) is 0.0147. The Hall–Kier alpha value is -5.68. The molecule has 4 aromatic rings. The van der Waals surface area contributed by atoms with Crippen molar-refractivity contribution in [2.24, 2.45) is 0 Å². The molecule has 3 N–H and O–H groups in total. The second kappa shape index (κ2) is 16.1. The van der Waals surface area contributed by atoms with Crippen LogP contribution in [0.3, 0.4) is 0 Å². The van der Waals surface area contributed by atoms with Crippen molar-refractivity contribution in [2.45, 2.75) is 61.6 Å². The minimum absolute atomic E-state index is 0.00823. The Bertz CT molecular complexity index is 2270. The summed E-state index contributed by atoms with van der Waals surface area (Å²) in [6, 6.07) is 22.6. The van der Waals surface area contributed by atoms with E-state index in [0.717, 1.165) is 23.3 Å². The molecule has 0 aromatic heterocycles.